The molecule has 0 spiro atoms. The Morgan fingerprint density at radius 2 is 1.78 bits per heavy atom. The van der Waals surface area contributed by atoms with Gasteiger partial charge >= 0.3 is 0 Å². The lowest BCUT2D eigenvalue weighted by molar-refractivity contribution is -0.115. The van der Waals surface area contributed by atoms with Gasteiger partial charge in [0.15, 0.2) is 0 Å². The molecule has 0 atom stereocenters. The van der Waals surface area contributed by atoms with Gasteiger partial charge in [-0.25, -0.2) is 0 Å². The quantitative estimate of drug-likeness (QED) is 0.772. The molecule has 2 N–H and O–H groups in total. The van der Waals surface area contributed by atoms with Crippen molar-refractivity contribution < 1.29 is 9.59 Å². The Kier molecular flexibility index (Phi) is 6.07. The highest BCUT2D eigenvalue weighted by atomic mass is 35.5. The minimum absolute atomic E-state index is 0.0998. The lowest BCUT2D eigenvalue weighted by Gasteiger charge is -2.10. The Morgan fingerprint density at radius 3 is 2.39 bits per heavy atom. The van der Waals surface area contributed by atoms with Gasteiger partial charge in [-0.05, 0) is 48.7 Å². The number of amides is 2. The summed E-state index contributed by atoms with van der Waals surface area (Å²) >= 11 is 7.73. The van der Waals surface area contributed by atoms with Crippen molar-refractivity contribution in [3.05, 3.63) is 53.1 Å². The van der Waals surface area contributed by atoms with Gasteiger partial charge in [-0.2, -0.15) is 0 Å². The normalized spacial score (nSPS) is 10.2. The molecule has 0 heterocycles. The minimum Gasteiger partial charge on any atom is -0.326 e. The number of nitrogens with one attached hydrogen (secondary N) is 2. The summed E-state index contributed by atoms with van der Waals surface area (Å²) in [5.41, 5.74) is 1.59. The van der Waals surface area contributed by atoms with Crippen LogP contribution in [0.25, 0.3) is 0 Å². The molecule has 4 nitrogen and oxygen atoms in total. The topological polar surface area (TPSA) is 58.2 Å². The van der Waals surface area contributed by atoms with E-state index in [1.54, 1.807) is 49.0 Å². The van der Waals surface area contributed by atoms with Gasteiger partial charge in [-0.15, -0.1) is 11.8 Å². The van der Waals surface area contributed by atoms with Gasteiger partial charge in [-0.1, -0.05) is 18.5 Å². The summed E-state index contributed by atoms with van der Waals surface area (Å²) in [7, 11) is 0. The number of anilines is 2. The van der Waals surface area contributed by atoms with Crippen LogP contribution in [0.2, 0.25) is 5.02 Å². The minimum atomic E-state index is -0.251. The molecule has 6 heteroatoms. The fourth-order valence-electron chi connectivity index (χ4n) is 1.89. The maximum atomic E-state index is 12.3. The molecule has 0 fully saturated rings. The second kappa shape index (κ2) is 8.04. The number of rotatable bonds is 5. The molecular weight excluding hydrogens is 332 g/mol. The molecule has 0 aliphatic carbocycles. The highest BCUT2D eigenvalue weighted by Crippen LogP contribution is 2.26. The van der Waals surface area contributed by atoms with E-state index in [1.165, 1.54) is 0 Å². The SMILES string of the molecule is CCC(=O)Nc1ccc(Cl)c(NC(=O)c2ccc(SC)cc2)c1. The zero-order valence-corrected chi connectivity index (χ0v) is 14.4. The van der Waals surface area contributed by atoms with Crippen LogP contribution in [0.1, 0.15) is 23.7 Å². The van der Waals surface area contributed by atoms with Crippen LogP contribution in [0.15, 0.2) is 47.4 Å². The monoisotopic (exact) mass is 348 g/mol. The van der Waals surface area contributed by atoms with E-state index in [4.69, 9.17) is 11.6 Å². The van der Waals surface area contributed by atoms with Crippen LogP contribution < -0.4 is 10.6 Å². The predicted octanol–water partition coefficient (Wildman–Crippen LogP) is 4.66. The van der Waals surface area contributed by atoms with Crippen LogP contribution >= 0.6 is 23.4 Å². The number of carbonyl (C=O) groups excluding carboxylic acids is 2. The van der Waals surface area contributed by atoms with E-state index >= 15 is 0 Å². The summed E-state index contributed by atoms with van der Waals surface area (Å²) in [5, 5.41) is 5.91. The van der Waals surface area contributed by atoms with Gasteiger partial charge < -0.3 is 10.6 Å². The molecule has 0 bridgehead atoms. The van der Waals surface area contributed by atoms with Gasteiger partial charge in [0.25, 0.3) is 5.91 Å². The van der Waals surface area contributed by atoms with Crippen LogP contribution in [0.4, 0.5) is 11.4 Å². The molecule has 2 rings (SSSR count). The van der Waals surface area contributed by atoms with E-state index < -0.39 is 0 Å². The van der Waals surface area contributed by atoms with E-state index in [1.807, 2.05) is 18.4 Å². The molecule has 0 aliphatic rings. The van der Waals surface area contributed by atoms with E-state index in [0.29, 0.717) is 28.4 Å². The average molecular weight is 349 g/mol. The van der Waals surface area contributed by atoms with Crippen LogP contribution in [0, 0.1) is 0 Å². The average Bonchev–Trinajstić information content (AvgIpc) is 2.57. The van der Waals surface area contributed by atoms with Crippen molar-refractivity contribution in [2.75, 3.05) is 16.9 Å². The first kappa shape index (κ1) is 17.4. The molecule has 0 saturated heterocycles. The van der Waals surface area contributed by atoms with Crippen molar-refractivity contribution in [1.82, 2.24) is 0 Å². The van der Waals surface area contributed by atoms with Crippen molar-refractivity contribution in [1.29, 1.82) is 0 Å². The number of hydrogen-bond donors (Lipinski definition) is 2. The molecule has 0 unspecified atom stereocenters. The van der Waals surface area contributed by atoms with E-state index in [-0.39, 0.29) is 11.8 Å². The zero-order valence-electron chi connectivity index (χ0n) is 12.9. The van der Waals surface area contributed by atoms with Crippen LogP contribution in [-0.2, 0) is 4.79 Å². The maximum Gasteiger partial charge on any atom is 0.255 e. The number of carbonyl (C=O) groups is 2. The highest BCUT2D eigenvalue weighted by Gasteiger charge is 2.10. The van der Waals surface area contributed by atoms with Crippen molar-refractivity contribution in [2.24, 2.45) is 0 Å². The summed E-state index contributed by atoms with van der Waals surface area (Å²) in [6, 6.07) is 12.3. The molecule has 2 amide bonds. The Bertz CT molecular complexity index is 717. The fourth-order valence-corrected chi connectivity index (χ4v) is 2.46. The van der Waals surface area contributed by atoms with Gasteiger partial charge in [0.2, 0.25) is 5.91 Å². The number of halogens is 1. The number of thioether (sulfide) groups is 1. The first-order chi connectivity index (χ1) is 11.0. The number of hydrogen-bond acceptors (Lipinski definition) is 3. The van der Waals surface area contributed by atoms with Crippen LogP contribution in [0.3, 0.4) is 0 Å². The maximum absolute atomic E-state index is 12.3. The third-order valence-corrected chi connectivity index (χ3v) is 4.24. The Balaban J connectivity index is 2.15. The van der Waals surface area contributed by atoms with Crippen molar-refractivity contribution in [3.63, 3.8) is 0 Å². The Labute approximate surface area is 144 Å². The Hall–Kier alpha value is -1.98. The van der Waals surface area contributed by atoms with Gasteiger partial charge in [0.1, 0.15) is 0 Å². The molecule has 0 aliphatic heterocycles. The summed E-state index contributed by atoms with van der Waals surface area (Å²) in [6.07, 6.45) is 2.36. The van der Waals surface area contributed by atoms with Gasteiger partial charge in [0.05, 0.1) is 10.7 Å². The summed E-state index contributed by atoms with van der Waals surface area (Å²) < 4.78 is 0. The summed E-state index contributed by atoms with van der Waals surface area (Å²) in [4.78, 5) is 24.8. The largest absolute Gasteiger partial charge is 0.326 e. The summed E-state index contributed by atoms with van der Waals surface area (Å²) in [5.74, 6) is -0.351. The van der Waals surface area contributed by atoms with Crippen molar-refractivity contribution in [2.45, 2.75) is 18.2 Å². The zero-order chi connectivity index (χ0) is 16.8. The van der Waals surface area contributed by atoms with Gasteiger partial charge in [-0.3, -0.25) is 9.59 Å². The molecule has 23 heavy (non-hydrogen) atoms. The van der Waals surface area contributed by atoms with Gasteiger partial charge in [0, 0.05) is 22.6 Å². The van der Waals surface area contributed by atoms with E-state index in [9.17, 15) is 9.59 Å². The van der Waals surface area contributed by atoms with Crippen molar-refractivity contribution in [3.8, 4) is 0 Å². The third kappa shape index (κ3) is 4.74. The third-order valence-electron chi connectivity index (χ3n) is 3.17. The van der Waals surface area contributed by atoms with Crippen LogP contribution in [-0.4, -0.2) is 18.1 Å². The number of benzene rings is 2. The van der Waals surface area contributed by atoms with E-state index in [0.717, 1.165) is 4.90 Å². The first-order valence-corrected chi connectivity index (χ1v) is 8.68. The smallest absolute Gasteiger partial charge is 0.255 e. The molecule has 0 saturated carbocycles. The predicted molar refractivity (Wildman–Crippen MR) is 96.5 cm³/mol. The fraction of sp³-hybridized carbons (Fsp3) is 0.176. The Morgan fingerprint density at radius 1 is 1.09 bits per heavy atom. The molecule has 120 valence electrons. The second-order valence-electron chi connectivity index (χ2n) is 4.78. The summed E-state index contributed by atoms with van der Waals surface area (Å²) in [6.45, 7) is 1.77. The lowest BCUT2D eigenvalue weighted by Crippen LogP contribution is -2.13. The van der Waals surface area contributed by atoms with Crippen LogP contribution in [0.5, 0.6) is 0 Å². The molecular formula is C17H17ClN2O2S. The standard InChI is InChI=1S/C17H17ClN2O2S/c1-3-16(21)19-12-6-9-14(18)15(10-12)20-17(22)11-4-7-13(23-2)8-5-11/h4-10H,3H2,1-2H3,(H,19,21)(H,20,22). The molecule has 0 aromatic heterocycles. The second-order valence-corrected chi connectivity index (χ2v) is 6.07. The highest BCUT2D eigenvalue weighted by molar-refractivity contribution is 7.98. The molecule has 2 aromatic rings. The van der Waals surface area contributed by atoms with E-state index in [2.05, 4.69) is 10.6 Å². The first-order valence-electron chi connectivity index (χ1n) is 7.08. The van der Waals surface area contributed by atoms with Crippen molar-refractivity contribution >= 4 is 46.6 Å². The molecule has 0 radical (unpaired) electrons. The molecule has 2 aromatic carbocycles. The lowest BCUT2D eigenvalue weighted by atomic mass is 10.2.